The topological polar surface area (TPSA) is 92.0 Å². The third-order valence-electron chi connectivity index (χ3n) is 4.89. The second-order valence-corrected chi connectivity index (χ2v) is 9.53. The molecule has 30 heavy (non-hydrogen) atoms. The van der Waals surface area contributed by atoms with Crippen molar-refractivity contribution in [1.82, 2.24) is 9.97 Å². The molecule has 0 spiro atoms. The first-order valence-corrected chi connectivity index (χ1v) is 11.4. The van der Waals surface area contributed by atoms with E-state index in [4.69, 9.17) is 16.3 Å². The highest BCUT2D eigenvalue weighted by Gasteiger charge is 2.17. The average Bonchev–Trinajstić information content (AvgIpc) is 3.15. The smallest absolute Gasteiger partial charge is 0.272 e. The predicted molar refractivity (Wildman–Crippen MR) is 117 cm³/mol. The lowest BCUT2D eigenvalue weighted by Gasteiger charge is -2.13. The molecule has 0 atom stereocenters. The van der Waals surface area contributed by atoms with Crippen LogP contribution in [0.5, 0.6) is 11.5 Å². The molecule has 4 rings (SSSR count). The molecule has 0 aliphatic rings. The highest BCUT2D eigenvalue weighted by Crippen LogP contribution is 2.31. The minimum absolute atomic E-state index is 0.00624. The quantitative estimate of drug-likeness (QED) is 0.453. The number of hydrogen-bond donors (Lipinski definition) is 2. The lowest BCUT2D eigenvalue weighted by Crippen LogP contribution is -2.05. The molecule has 4 aromatic rings. The van der Waals surface area contributed by atoms with Gasteiger partial charge in [-0.3, -0.25) is 4.79 Å². The molecule has 0 saturated heterocycles. The van der Waals surface area contributed by atoms with Gasteiger partial charge in [0.25, 0.3) is 5.56 Å². The minimum Gasteiger partial charge on any atom is -0.457 e. The van der Waals surface area contributed by atoms with E-state index in [1.165, 1.54) is 0 Å². The number of ether oxygens (including phenoxy) is 1. The van der Waals surface area contributed by atoms with Crippen LogP contribution in [0.2, 0.25) is 5.02 Å². The summed E-state index contributed by atoms with van der Waals surface area (Å²) in [6.07, 6.45) is 3.73. The Bertz CT molecular complexity index is 1370. The van der Waals surface area contributed by atoms with E-state index in [2.05, 4.69) is 9.97 Å². The summed E-state index contributed by atoms with van der Waals surface area (Å²) in [6.45, 7) is 1.61. The van der Waals surface area contributed by atoms with Crippen LogP contribution < -0.4 is 10.3 Å². The first kappa shape index (κ1) is 20.3. The van der Waals surface area contributed by atoms with Crippen LogP contribution in [-0.4, -0.2) is 24.1 Å². The van der Waals surface area contributed by atoms with Crippen LogP contribution in [0, 0.1) is 0 Å². The number of aromatic amines is 2. The van der Waals surface area contributed by atoms with Gasteiger partial charge in [-0.25, -0.2) is 8.42 Å². The molecule has 0 fully saturated rings. The molecular formula is C22H19ClN2O4S. The van der Waals surface area contributed by atoms with Crippen molar-refractivity contribution in [2.24, 2.45) is 0 Å². The van der Waals surface area contributed by atoms with Crippen molar-refractivity contribution in [2.45, 2.75) is 18.2 Å². The molecule has 2 aromatic carbocycles. The Morgan fingerprint density at radius 1 is 1.00 bits per heavy atom. The molecule has 154 valence electrons. The van der Waals surface area contributed by atoms with Crippen molar-refractivity contribution in [2.75, 3.05) is 5.75 Å². The predicted octanol–water partition coefficient (Wildman–Crippen LogP) is 4.69. The van der Waals surface area contributed by atoms with Crippen LogP contribution in [0.15, 0.2) is 70.6 Å². The zero-order valence-corrected chi connectivity index (χ0v) is 17.7. The first-order valence-electron chi connectivity index (χ1n) is 9.34. The number of halogens is 1. The molecule has 2 aromatic heterocycles. The Morgan fingerprint density at radius 2 is 1.77 bits per heavy atom. The number of rotatable bonds is 6. The number of benzene rings is 2. The number of H-pyrrole nitrogens is 2. The summed E-state index contributed by atoms with van der Waals surface area (Å²) in [5.41, 5.74) is 1.83. The minimum atomic E-state index is -3.38. The van der Waals surface area contributed by atoms with Gasteiger partial charge in [0.15, 0.2) is 9.84 Å². The van der Waals surface area contributed by atoms with Gasteiger partial charge >= 0.3 is 0 Å². The zero-order chi connectivity index (χ0) is 21.3. The lowest BCUT2D eigenvalue weighted by atomic mass is 10.0. The van der Waals surface area contributed by atoms with Crippen LogP contribution >= 0.6 is 11.6 Å². The van der Waals surface area contributed by atoms with E-state index in [0.717, 1.165) is 10.9 Å². The highest BCUT2D eigenvalue weighted by molar-refractivity contribution is 7.91. The molecular weight excluding hydrogens is 424 g/mol. The van der Waals surface area contributed by atoms with Gasteiger partial charge in [-0.15, -0.1) is 0 Å². The Morgan fingerprint density at radius 3 is 2.50 bits per heavy atom. The molecule has 0 radical (unpaired) electrons. The summed E-state index contributed by atoms with van der Waals surface area (Å²) < 4.78 is 30.8. The van der Waals surface area contributed by atoms with E-state index < -0.39 is 9.84 Å². The van der Waals surface area contributed by atoms with Gasteiger partial charge in [0, 0.05) is 34.8 Å². The maximum Gasteiger partial charge on any atom is 0.272 e. The van der Waals surface area contributed by atoms with Crippen LogP contribution in [0.25, 0.3) is 10.9 Å². The van der Waals surface area contributed by atoms with Crippen molar-refractivity contribution in [1.29, 1.82) is 0 Å². The monoisotopic (exact) mass is 442 g/mol. The molecule has 2 N–H and O–H groups in total. The third-order valence-corrected chi connectivity index (χ3v) is 6.88. The lowest BCUT2D eigenvalue weighted by molar-refractivity contribution is 0.477. The Balaban J connectivity index is 1.79. The van der Waals surface area contributed by atoms with Crippen LogP contribution in [0.1, 0.15) is 18.1 Å². The number of pyridine rings is 1. The van der Waals surface area contributed by atoms with Crippen molar-refractivity contribution in [3.8, 4) is 11.5 Å². The molecule has 0 unspecified atom stereocenters. The summed E-state index contributed by atoms with van der Waals surface area (Å²) in [7, 11) is -3.38. The van der Waals surface area contributed by atoms with Gasteiger partial charge in [0.05, 0.1) is 10.6 Å². The van der Waals surface area contributed by atoms with Crippen LogP contribution in [0.3, 0.4) is 0 Å². The average molecular weight is 443 g/mol. The van der Waals surface area contributed by atoms with Crippen molar-refractivity contribution < 1.29 is 13.2 Å². The van der Waals surface area contributed by atoms with E-state index in [1.807, 2.05) is 6.07 Å². The standard InChI is InChI=1S/C22H19ClN2O4S/c1-2-30(27,28)18-7-8-20(29-17-5-3-16(23)4-6-17)14(12-18)11-15-13-25-21-19(15)9-10-24-22(21)26/h3-10,12-13,25H,2,11H2,1H3,(H,24,26). The molecule has 0 aliphatic carbocycles. The first-order chi connectivity index (χ1) is 14.4. The summed E-state index contributed by atoms with van der Waals surface area (Å²) in [4.78, 5) is 17.9. The highest BCUT2D eigenvalue weighted by atomic mass is 35.5. The Kier molecular flexibility index (Phi) is 5.40. The Labute approximate surface area is 178 Å². The molecule has 0 bridgehead atoms. The fourth-order valence-corrected chi connectivity index (χ4v) is 4.32. The second kappa shape index (κ2) is 8.01. The summed E-state index contributed by atoms with van der Waals surface area (Å²) >= 11 is 5.94. The number of aromatic nitrogens is 2. The number of fused-ring (bicyclic) bond motifs is 1. The zero-order valence-electron chi connectivity index (χ0n) is 16.1. The molecule has 0 saturated carbocycles. The largest absolute Gasteiger partial charge is 0.457 e. The summed E-state index contributed by atoms with van der Waals surface area (Å²) in [6, 6.07) is 13.6. The van der Waals surface area contributed by atoms with Gasteiger partial charge in [-0.2, -0.15) is 0 Å². The maximum absolute atomic E-state index is 12.4. The van der Waals surface area contributed by atoms with E-state index >= 15 is 0 Å². The van der Waals surface area contributed by atoms with E-state index in [9.17, 15) is 13.2 Å². The van der Waals surface area contributed by atoms with Gasteiger partial charge in [-0.05, 0) is 54.1 Å². The van der Waals surface area contributed by atoms with Crippen molar-refractivity contribution in [3.63, 3.8) is 0 Å². The Hall–Kier alpha value is -3.03. The van der Waals surface area contributed by atoms with E-state index in [1.54, 1.807) is 61.8 Å². The summed E-state index contributed by atoms with van der Waals surface area (Å²) in [5, 5.41) is 1.37. The molecule has 0 aliphatic heterocycles. The van der Waals surface area contributed by atoms with Crippen molar-refractivity contribution in [3.05, 3.63) is 87.4 Å². The third kappa shape index (κ3) is 3.99. The molecule has 6 nitrogen and oxygen atoms in total. The maximum atomic E-state index is 12.4. The van der Waals surface area contributed by atoms with Gasteiger partial charge in [-0.1, -0.05) is 18.5 Å². The summed E-state index contributed by atoms with van der Waals surface area (Å²) in [5.74, 6) is 1.13. The SMILES string of the molecule is CCS(=O)(=O)c1ccc(Oc2ccc(Cl)cc2)c(Cc2c[nH]c3c(=O)[nH]ccc23)c1. The second-order valence-electron chi connectivity index (χ2n) is 6.82. The van der Waals surface area contributed by atoms with Crippen LogP contribution in [0.4, 0.5) is 0 Å². The number of nitrogens with one attached hydrogen (secondary N) is 2. The number of sulfone groups is 1. The van der Waals surface area contributed by atoms with Gasteiger partial charge in [0.2, 0.25) is 0 Å². The van der Waals surface area contributed by atoms with Crippen molar-refractivity contribution >= 4 is 32.3 Å². The van der Waals surface area contributed by atoms with E-state index in [-0.39, 0.29) is 16.2 Å². The fraction of sp³-hybridized carbons (Fsp3) is 0.136. The fourth-order valence-electron chi connectivity index (χ4n) is 3.26. The van der Waals surface area contributed by atoms with Gasteiger partial charge < -0.3 is 14.7 Å². The molecule has 8 heteroatoms. The normalized spacial score (nSPS) is 11.7. The van der Waals surface area contributed by atoms with E-state index in [0.29, 0.717) is 34.0 Å². The molecule has 2 heterocycles. The van der Waals surface area contributed by atoms with Gasteiger partial charge in [0.1, 0.15) is 17.0 Å². The molecule has 0 amide bonds. The number of hydrogen-bond acceptors (Lipinski definition) is 4. The van der Waals surface area contributed by atoms with Crippen LogP contribution in [-0.2, 0) is 16.3 Å².